The van der Waals surface area contributed by atoms with Gasteiger partial charge in [-0.3, -0.25) is 4.79 Å². The van der Waals surface area contributed by atoms with Crippen LogP contribution in [0.5, 0.6) is 0 Å². The fourth-order valence-electron chi connectivity index (χ4n) is 3.47. The molecule has 2 heterocycles. The van der Waals surface area contributed by atoms with Crippen molar-refractivity contribution < 1.29 is 9.59 Å². The van der Waals surface area contributed by atoms with E-state index in [1.54, 1.807) is 0 Å². The monoisotopic (exact) mass is 421 g/mol. The van der Waals surface area contributed by atoms with Gasteiger partial charge in [-0.25, -0.2) is 4.79 Å². The number of aromatic nitrogens is 2. The number of aryl methyl sites for hydroxylation is 1. The Balaban J connectivity index is 1.39. The molecule has 1 aliphatic heterocycles. The molecule has 2 aromatic carbocycles. The Hall–Kier alpha value is -3.26. The number of urea groups is 1. The summed E-state index contributed by atoms with van der Waals surface area (Å²) in [5.41, 5.74) is 2.56. The Labute approximate surface area is 179 Å². The van der Waals surface area contributed by atoms with Gasteiger partial charge in [0.25, 0.3) is 5.91 Å². The van der Waals surface area contributed by atoms with E-state index >= 15 is 0 Å². The fraction of sp³-hybridized carbons (Fsp3) is 0.273. The van der Waals surface area contributed by atoms with E-state index < -0.39 is 0 Å². The van der Waals surface area contributed by atoms with Crippen molar-refractivity contribution in [1.82, 2.24) is 15.1 Å². The van der Waals surface area contributed by atoms with E-state index in [0.29, 0.717) is 18.1 Å². The standard InChI is InChI=1S/C22H23N5O2S/c1-15-8-5-6-12-18(15)24-22(29)27-13-7-9-16(14-27)20-25-26-21(30-20)19(28)23-17-10-3-2-4-11-17/h2-6,8,10-12,16H,7,9,13-14H2,1H3,(H,23,28)(H,24,29). The Morgan fingerprint density at radius 3 is 2.60 bits per heavy atom. The number of nitrogens with zero attached hydrogens (tertiary/aromatic N) is 3. The Morgan fingerprint density at radius 1 is 1.03 bits per heavy atom. The Kier molecular flexibility index (Phi) is 6.04. The van der Waals surface area contributed by atoms with Gasteiger partial charge in [0.15, 0.2) is 0 Å². The predicted molar refractivity (Wildman–Crippen MR) is 118 cm³/mol. The van der Waals surface area contributed by atoms with E-state index in [-0.39, 0.29) is 17.9 Å². The number of amides is 3. The second-order valence-electron chi connectivity index (χ2n) is 7.30. The van der Waals surface area contributed by atoms with Crippen molar-refractivity contribution in [2.45, 2.75) is 25.7 Å². The summed E-state index contributed by atoms with van der Waals surface area (Å²) in [6, 6.07) is 16.9. The first kappa shape index (κ1) is 20.0. The van der Waals surface area contributed by atoms with Crippen LogP contribution in [0, 0.1) is 6.92 Å². The van der Waals surface area contributed by atoms with E-state index in [1.165, 1.54) is 11.3 Å². The largest absolute Gasteiger partial charge is 0.324 e. The van der Waals surface area contributed by atoms with Crippen LogP contribution in [0.25, 0.3) is 0 Å². The highest BCUT2D eigenvalue weighted by Gasteiger charge is 2.28. The molecule has 1 saturated heterocycles. The van der Waals surface area contributed by atoms with Crippen molar-refractivity contribution in [1.29, 1.82) is 0 Å². The third-order valence-electron chi connectivity index (χ3n) is 5.11. The highest BCUT2D eigenvalue weighted by Crippen LogP contribution is 2.30. The molecular formula is C22H23N5O2S. The van der Waals surface area contributed by atoms with Crippen LogP contribution in [-0.2, 0) is 0 Å². The van der Waals surface area contributed by atoms with Crippen LogP contribution >= 0.6 is 11.3 Å². The number of piperidine rings is 1. The molecule has 1 aliphatic rings. The third kappa shape index (κ3) is 4.65. The van der Waals surface area contributed by atoms with Gasteiger partial charge in [0.2, 0.25) is 5.01 Å². The number of benzene rings is 2. The lowest BCUT2D eigenvalue weighted by Crippen LogP contribution is -2.41. The molecule has 1 aromatic heterocycles. The van der Waals surface area contributed by atoms with Gasteiger partial charge in [-0.1, -0.05) is 47.7 Å². The Morgan fingerprint density at radius 2 is 1.80 bits per heavy atom. The number of carbonyl (C=O) groups is 2. The normalized spacial score (nSPS) is 16.2. The first-order valence-corrected chi connectivity index (χ1v) is 10.7. The number of carbonyl (C=O) groups excluding carboxylic acids is 2. The molecule has 1 unspecified atom stereocenters. The third-order valence-corrected chi connectivity index (χ3v) is 6.20. The molecule has 1 atom stereocenters. The summed E-state index contributed by atoms with van der Waals surface area (Å²) in [5, 5.41) is 15.3. The lowest BCUT2D eigenvalue weighted by molar-refractivity contribution is 0.102. The molecule has 0 radical (unpaired) electrons. The zero-order valence-electron chi connectivity index (χ0n) is 16.7. The molecule has 7 nitrogen and oxygen atoms in total. The molecule has 3 aromatic rings. The highest BCUT2D eigenvalue weighted by molar-refractivity contribution is 7.13. The number of rotatable bonds is 4. The van der Waals surface area contributed by atoms with E-state index in [9.17, 15) is 9.59 Å². The van der Waals surface area contributed by atoms with Crippen LogP contribution in [0.15, 0.2) is 54.6 Å². The second-order valence-corrected chi connectivity index (χ2v) is 8.30. The second kappa shape index (κ2) is 9.04. The highest BCUT2D eigenvalue weighted by atomic mass is 32.1. The molecule has 0 aliphatic carbocycles. The summed E-state index contributed by atoms with van der Waals surface area (Å²) in [6.07, 6.45) is 1.81. The van der Waals surface area contributed by atoms with Crippen LogP contribution in [0.3, 0.4) is 0 Å². The van der Waals surface area contributed by atoms with Gasteiger partial charge in [-0.05, 0) is 43.5 Å². The van der Waals surface area contributed by atoms with E-state index in [1.807, 2.05) is 66.4 Å². The summed E-state index contributed by atoms with van der Waals surface area (Å²) in [5.74, 6) is -0.188. The van der Waals surface area contributed by atoms with Crippen LogP contribution in [0.1, 0.15) is 39.1 Å². The average Bonchev–Trinajstić information content (AvgIpc) is 3.27. The number of anilines is 2. The minimum atomic E-state index is -0.269. The van der Waals surface area contributed by atoms with Crippen LogP contribution in [0.4, 0.5) is 16.2 Å². The molecular weight excluding hydrogens is 398 g/mol. The van der Waals surface area contributed by atoms with Gasteiger partial charge < -0.3 is 15.5 Å². The molecule has 154 valence electrons. The topological polar surface area (TPSA) is 87.2 Å². The maximum Gasteiger partial charge on any atom is 0.321 e. The van der Waals surface area contributed by atoms with Gasteiger partial charge in [-0.15, -0.1) is 10.2 Å². The lowest BCUT2D eigenvalue weighted by Gasteiger charge is -2.31. The maximum absolute atomic E-state index is 12.7. The molecule has 4 rings (SSSR count). The summed E-state index contributed by atoms with van der Waals surface area (Å²) in [7, 11) is 0. The zero-order valence-corrected chi connectivity index (χ0v) is 17.5. The van der Waals surface area contributed by atoms with Gasteiger partial charge in [0, 0.05) is 30.4 Å². The van der Waals surface area contributed by atoms with Crippen LogP contribution in [0.2, 0.25) is 0 Å². The molecule has 0 saturated carbocycles. The predicted octanol–water partition coefficient (Wildman–Crippen LogP) is 4.51. The first-order chi connectivity index (χ1) is 14.6. The van der Waals surface area contributed by atoms with Crippen molar-refractivity contribution in [3.8, 4) is 0 Å². The number of para-hydroxylation sites is 2. The summed E-state index contributed by atoms with van der Waals surface area (Å²) >= 11 is 1.29. The van der Waals surface area contributed by atoms with Crippen LogP contribution < -0.4 is 10.6 Å². The van der Waals surface area contributed by atoms with Gasteiger partial charge in [0.05, 0.1) is 0 Å². The quantitative estimate of drug-likeness (QED) is 0.649. The van der Waals surface area contributed by atoms with Gasteiger partial charge in [-0.2, -0.15) is 0 Å². The number of hydrogen-bond acceptors (Lipinski definition) is 5. The molecule has 1 fully saturated rings. The summed E-state index contributed by atoms with van der Waals surface area (Å²) in [6.45, 7) is 3.24. The van der Waals surface area contributed by atoms with Crippen molar-refractivity contribution >= 4 is 34.6 Å². The minimum absolute atomic E-state index is 0.0807. The van der Waals surface area contributed by atoms with Crippen molar-refractivity contribution in [3.05, 3.63) is 70.2 Å². The molecule has 0 spiro atoms. The van der Waals surface area contributed by atoms with E-state index in [4.69, 9.17) is 0 Å². The average molecular weight is 422 g/mol. The molecule has 30 heavy (non-hydrogen) atoms. The van der Waals surface area contributed by atoms with Crippen molar-refractivity contribution in [2.75, 3.05) is 23.7 Å². The minimum Gasteiger partial charge on any atom is -0.324 e. The van der Waals surface area contributed by atoms with Gasteiger partial charge >= 0.3 is 6.03 Å². The number of hydrogen-bond donors (Lipinski definition) is 2. The fourth-order valence-corrected chi connectivity index (χ4v) is 4.33. The van der Waals surface area contributed by atoms with Crippen LogP contribution in [-0.4, -0.2) is 40.1 Å². The van der Waals surface area contributed by atoms with Crippen molar-refractivity contribution in [3.63, 3.8) is 0 Å². The zero-order chi connectivity index (χ0) is 20.9. The molecule has 2 N–H and O–H groups in total. The lowest BCUT2D eigenvalue weighted by atomic mass is 9.99. The summed E-state index contributed by atoms with van der Waals surface area (Å²) < 4.78 is 0. The first-order valence-electron chi connectivity index (χ1n) is 9.91. The van der Waals surface area contributed by atoms with Gasteiger partial charge in [0.1, 0.15) is 5.01 Å². The molecule has 8 heteroatoms. The SMILES string of the molecule is Cc1ccccc1NC(=O)N1CCCC(c2nnc(C(=O)Nc3ccccc3)s2)C1. The number of likely N-dealkylation sites (tertiary alicyclic amines) is 1. The summed E-state index contributed by atoms with van der Waals surface area (Å²) in [4.78, 5) is 27.0. The molecule has 0 bridgehead atoms. The van der Waals surface area contributed by atoms with Crippen molar-refractivity contribution in [2.24, 2.45) is 0 Å². The smallest absolute Gasteiger partial charge is 0.321 e. The number of nitrogens with one attached hydrogen (secondary N) is 2. The Bertz CT molecular complexity index is 1040. The molecule has 3 amide bonds. The van der Waals surface area contributed by atoms with E-state index in [0.717, 1.165) is 34.8 Å². The van der Waals surface area contributed by atoms with E-state index in [2.05, 4.69) is 20.8 Å². The maximum atomic E-state index is 12.7.